The predicted molar refractivity (Wildman–Crippen MR) is 73.6 cm³/mol. The van der Waals surface area contributed by atoms with Crippen molar-refractivity contribution < 1.29 is 19.0 Å². The quantitative estimate of drug-likeness (QED) is 0.508. The molecule has 1 rings (SSSR count). The number of rotatable bonds is 9. The zero-order chi connectivity index (χ0) is 13.9. The standard InChI is InChI=1S/C15H22O4/c1-3-11-18-13-7-9-14(10-8-13)19-12-5-6-15(16)17-4-2/h7-10H,3-6,11-12H2,1-2H3. The highest BCUT2D eigenvalue weighted by atomic mass is 16.5. The summed E-state index contributed by atoms with van der Waals surface area (Å²) in [5.74, 6) is 1.46. The van der Waals surface area contributed by atoms with E-state index < -0.39 is 0 Å². The average Bonchev–Trinajstić information content (AvgIpc) is 2.43. The molecule has 0 saturated heterocycles. The molecule has 106 valence electrons. The molecule has 0 unspecified atom stereocenters. The lowest BCUT2D eigenvalue weighted by molar-refractivity contribution is -0.143. The lowest BCUT2D eigenvalue weighted by Crippen LogP contribution is -2.06. The molecule has 4 heteroatoms. The minimum absolute atomic E-state index is 0.172. The van der Waals surface area contributed by atoms with E-state index in [0.29, 0.717) is 26.1 Å². The second kappa shape index (κ2) is 9.25. The van der Waals surface area contributed by atoms with Gasteiger partial charge in [0.2, 0.25) is 0 Å². The first-order valence-corrected chi connectivity index (χ1v) is 6.77. The first kappa shape index (κ1) is 15.3. The summed E-state index contributed by atoms with van der Waals surface area (Å²) < 4.78 is 15.8. The van der Waals surface area contributed by atoms with Gasteiger partial charge < -0.3 is 14.2 Å². The Morgan fingerprint density at radius 1 is 1.00 bits per heavy atom. The molecular weight excluding hydrogens is 244 g/mol. The zero-order valence-corrected chi connectivity index (χ0v) is 11.7. The second-order valence-electron chi connectivity index (χ2n) is 4.08. The molecule has 0 aliphatic heterocycles. The Hall–Kier alpha value is -1.71. The van der Waals surface area contributed by atoms with E-state index in [4.69, 9.17) is 14.2 Å². The third-order valence-electron chi connectivity index (χ3n) is 2.40. The van der Waals surface area contributed by atoms with Gasteiger partial charge in [0.25, 0.3) is 0 Å². The van der Waals surface area contributed by atoms with Crippen LogP contribution >= 0.6 is 0 Å². The van der Waals surface area contributed by atoms with Crippen molar-refractivity contribution in [1.29, 1.82) is 0 Å². The number of esters is 1. The normalized spacial score (nSPS) is 10.0. The van der Waals surface area contributed by atoms with Crippen molar-refractivity contribution in [3.63, 3.8) is 0 Å². The highest BCUT2D eigenvalue weighted by molar-refractivity contribution is 5.69. The van der Waals surface area contributed by atoms with Crippen LogP contribution in [0.25, 0.3) is 0 Å². The molecule has 0 bridgehead atoms. The van der Waals surface area contributed by atoms with E-state index >= 15 is 0 Å². The molecule has 0 aliphatic carbocycles. The summed E-state index contributed by atoms with van der Waals surface area (Å²) in [6, 6.07) is 7.51. The number of carbonyl (C=O) groups excluding carboxylic acids is 1. The maximum absolute atomic E-state index is 11.1. The maximum Gasteiger partial charge on any atom is 0.305 e. The number of benzene rings is 1. The summed E-state index contributed by atoms with van der Waals surface area (Å²) in [4.78, 5) is 11.1. The Balaban J connectivity index is 2.20. The van der Waals surface area contributed by atoms with Gasteiger partial charge in [0.1, 0.15) is 11.5 Å². The fourth-order valence-corrected chi connectivity index (χ4v) is 1.49. The molecule has 0 atom stereocenters. The van der Waals surface area contributed by atoms with Crippen molar-refractivity contribution >= 4 is 5.97 Å². The Bertz CT molecular complexity index is 359. The SMILES string of the molecule is CCCOc1ccc(OCCCC(=O)OCC)cc1. The largest absolute Gasteiger partial charge is 0.494 e. The van der Waals surface area contributed by atoms with E-state index in [1.807, 2.05) is 24.3 Å². The summed E-state index contributed by atoms with van der Waals surface area (Å²) in [5, 5.41) is 0. The van der Waals surface area contributed by atoms with Gasteiger partial charge >= 0.3 is 5.97 Å². The molecule has 0 aromatic heterocycles. The van der Waals surface area contributed by atoms with Crippen molar-refractivity contribution in [1.82, 2.24) is 0 Å². The summed E-state index contributed by atoms with van der Waals surface area (Å²) >= 11 is 0. The molecule has 0 radical (unpaired) electrons. The highest BCUT2D eigenvalue weighted by Crippen LogP contribution is 2.17. The van der Waals surface area contributed by atoms with Crippen LogP contribution in [0.15, 0.2) is 24.3 Å². The summed E-state index contributed by atoms with van der Waals surface area (Å²) in [6.45, 7) is 5.53. The van der Waals surface area contributed by atoms with Crippen LogP contribution < -0.4 is 9.47 Å². The average molecular weight is 266 g/mol. The highest BCUT2D eigenvalue weighted by Gasteiger charge is 2.01. The first-order chi connectivity index (χ1) is 9.26. The fraction of sp³-hybridized carbons (Fsp3) is 0.533. The van der Waals surface area contributed by atoms with Gasteiger partial charge in [0.15, 0.2) is 0 Å². The molecule has 0 heterocycles. The van der Waals surface area contributed by atoms with E-state index in [-0.39, 0.29) is 5.97 Å². The summed E-state index contributed by atoms with van der Waals surface area (Å²) in [7, 11) is 0. The van der Waals surface area contributed by atoms with Crippen LogP contribution in [0.1, 0.15) is 33.1 Å². The molecule has 19 heavy (non-hydrogen) atoms. The van der Waals surface area contributed by atoms with Crippen molar-refractivity contribution in [2.75, 3.05) is 19.8 Å². The topological polar surface area (TPSA) is 44.8 Å². The summed E-state index contributed by atoms with van der Waals surface area (Å²) in [5.41, 5.74) is 0. The molecule has 0 spiro atoms. The fourth-order valence-electron chi connectivity index (χ4n) is 1.49. The molecule has 0 N–H and O–H groups in total. The Morgan fingerprint density at radius 3 is 2.11 bits per heavy atom. The van der Waals surface area contributed by atoms with Crippen molar-refractivity contribution in [2.45, 2.75) is 33.1 Å². The monoisotopic (exact) mass is 266 g/mol. The summed E-state index contributed by atoms with van der Waals surface area (Å²) in [6.07, 6.45) is 2.05. The van der Waals surface area contributed by atoms with Crippen LogP contribution in [-0.4, -0.2) is 25.8 Å². The van der Waals surface area contributed by atoms with Gasteiger partial charge in [-0.2, -0.15) is 0 Å². The van der Waals surface area contributed by atoms with Gasteiger partial charge in [-0.05, 0) is 44.0 Å². The smallest absolute Gasteiger partial charge is 0.305 e. The van der Waals surface area contributed by atoms with E-state index in [9.17, 15) is 4.79 Å². The molecule has 1 aromatic carbocycles. The Labute approximate surface area is 114 Å². The van der Waals surface area contributed by atoms with E-state index in [0.717, 1.165) is 24.5 Å². The molecule has 0 aliphatic rings. The van der Waals surface area contributed by atoms with Crippen LogP contribution in [0, 0.1) is 0 Å². The van der Waals surface area contributed by atoms with Crippen molar-refractivity contribution in [3.05, 3.63) is 24.3 Å². The maximum atomic E-state index is 11.1. The van der Waals surface area contributed by atoms with Crippen LogP contribution in [0.2, 0.25) is 0 Å². The Kier molecular flexibility index (Phi) is 7.47. The number of ether oxygens (including phenoxy) is 3. The third-order valence-corrected chi connectivity index (χ3v) is 2.40. The molecular formula is C15H22O4. The zero-order valence-electron chi connectivity index (χ0n) is 11.7. The van der Waals surface area contributed by atoms with Crippen LogP contribution in [0.3, 0.4) is 0 Å². The molecule has 4 nitrogen and oxygen atoms in total. The number of hydrogen-bond donors (Lipinski definition) is 0. The Morgan fingerprint density at radius 2 is 1.58 bits per heavy atom. The van der Waals surface area contributed by atoms with Crippen molar-refractivity contribution in [2.24, 2.45) is 0 Å². The number of carbonyl (C=O) groups is 1. The molecule has 1 aromatic rings. The van der Waals surface area contributed by atoms with Gasteiger partial charge in [0, 0.05) is 6.42 Å². The van der Waals surface area contributed by atoms with E-state index in [2.05, 4.69) is 6.92 Å². The van der Waals surface area contributed by atoms with Crippen LogP contribution in [0.4, 0.5) is 0 Å². The van der Waals surface area contributed by atoms with Crippen LogP contribution in [-0.2, 0) is 9.53 Å². The van der Waals surface area contributed by atoms with Gasteiger partial charge in [-0.1, -0.05) is 6.92 Å². The van der Waals surface area contributed by atoms with Crippen LogP contribution in [0.5, 0.6) is 11.5 Å². The first-order valence-electron chi connectivity index (χ1n) is 6.77. The van der Waals surface area contributed by atoms with E-state index in [1.54, 1.807) is 6.92 Å². The van der Waals surface area contributed by atoms with Gasteiger partial charge in [-0.3, -0.25) is 4.79 Å². The third kappa shape index (κ3) is 6.70. The van der Waals surface area contributed by atoms with Gasteiger partial charge in [-0.15, -0.1) is 0 Å². The molecule has 0 saturated carbocycles. The minimum Gasteiger partial charge on any atom is -0.494 e. The second-order valence-corrected chi connectivity index (χ2v) is 4.08. The predicted octanol–water partition coefficient (Wildman–Crippen LogP) is 3.20. The van der Waals surface area contributed by atoms with Gasteiger partial charge in [0.05, 0.1) is 19.8 Å². The number of hydrogen-bond acceptors (Lipinski definition) is 4. The molecule has 0 amide bonds. The van der Waals surface area contributed by atoms with Crippen molar-refractivity contribution in [3.8, 4) is 11.5 Å². The minimum atomic E-state index is -0.172. The lowest BCUT2D eigenvalue weighted by Gasteiger charge is -2.08. The molecule has 0 fully saturated rings. The lowest BCUT2D eigenvalue weighted by atomic mass is 10.3. The van der Waals surface area contributed by atoms with E-state index in [1.165, 1.54) is 0 Å². The van der Waals surface area contributed by atoms with Gasteiger partial charge in [-0.25, -0.2) is 0 Å².